The maximum Gasteiger partial charge on any atom is 0.209 e. The van der Waals surface area contributed by atoms with Gasteiger partial charge in [0.25, 0.3) is 0 Å². The van der Waals surface area contributed by atoms with E-state index in [4.69, 9.17) is 0 Å². The average Bonchev–Trinajstić information content (AvgIpc) is 2.93. The first-order valence-electron chi connectivity index (χ1n) is 6.79. The number of nitrogens with one attached hydrogen (secondary N) is 1. The van der Waals surface area contributed by atoms with Crippen LogP contribution in [0.2, 0.25) is 0 Å². The Bertz CT molecular complexity index is 734. The molecular weight excluding hydrogens is 282 g/mol. The number of thioether (sulfide) groups is 1. The van der Waals surface area contributed by atoms with Gasteiger partial charge in [-0.05, 0) is 33.8 Å². The number of hydrogen-bond donors (Lipinski definition) is 1. The molecule has 0 amide bonds. The Hall–Kier alpha value is -1.92. The molecule has 1 aromatic heterocycles. The molecule has 6 heteroatoms. The fourth-order valence-electron chi connectivity index (χ4n) is 2.38. The molecule has 1 unspecified atom stereocenters. The van der Waals surface area contributed by atoms with Crippen molar-refractivity contribution in [2.45, 2.75) is 11.2 Å². The van der Waals surface area contributed by atoms with Crippen LogP contribution in [0.1, 0.15) is 11.6 Å². The minimum absolute atomic E-state index is 0.248. The molecule has 0 fully saturated rings. The van der Waals surface area contributed by atoms with Crippen molar-refractivity contribution in [3.05, 3.63) is 48.0 Å². The normalized spacial score (nSPS) is 12.7. The third kappa shape index (κ3) is 2.91. The van der Waals surface area contributed by atoms with E-state index in [9.17, 15) is 0 Å². The first-order chi connectivity index (χ1) is 10.3. The predicted octanol–water partition coefficient (Wildman–Crippen LogP) is 2.42. The summed E-state index contributed by atoms with van der Waals surface area (Å²) in [5.74, 6) is 0.874. The van der Waals surface area contributed by atoms with Gasteiger partial charge in [-0.2, -0.15) is 0 Å². The summed E-state index contributed by atoms with van der Waals surface area (Å²) in [6.07, 6.45) is 0. The molecule has 1 atom stereocenters. The van der Waals surface area contributed by atoms with Gasteiger partial charge >= 0.3 is 0 Å². The SMILES string of the molecule is CNC(CSc1nnnn1C)c1cccc2ccccc12. The maximum absolute atomic E-state index is 4.02. The second-order valence-electron chi connectivity index (χ2n) is 4.81. The molecule has 108 valence electrons. The highest BCUT2D eigenvalue weighted by molar-refractivity contribution is 7.99. The summed E-state index contributed by atoms with van der Waals surface area (Å²) >= 11 is 1.65. The van der Waals surface area contributed by atoms with Crippen molar-refractivity contribution >= 4 is 22.5 Å². The highest BCUT2D eigenvalue weighted by Gasteiger charge is 2.14. The number of aryl methyl sites for hydroxylation is 1. The van der Waals surface area contributed by atoms with Crippen LogP contribution in [0.5, 0.6) is 0 Å². The lowest BCUT2D eigenvalue weighted by molar-refractivity contribution is 0.651. The third-order valence-corrected chi connectivity index (χ3v) is 4.61. The molecule has 0 bridgehead atoms. The minimum Gasteiger partial charge on any atom is -0.312 e. The zero-order valence-electron chi connectivity index (χ0n) is 12.0. The average molecular weight is 299 g/mol. The van der Waals surface area contributed by atoms with E-state index in [1.165, 1.54) is 16.3 Å². The maximum atomic E-state index is 4.02. The van der Waals surface area contributed by atoms with Crippen LogP contribution in [-0.4, -0.2) is 33.0 Å². The molecule has 0 aliphatic heterocycles. The van der Waals surface area contributed by atoms with Crippen molar-refractivity contribution in [1.82, 2.24) is 25.5 Å². The van der Waals surface area contributed by atoms with Gasteiger partial charge in [-0.1, -0.05) is 54.2 Å². The van der Waals surface area contributed by atoms with Crippen molar-refractivity contribution in [2.75, 3.05) is 12.8 Å². The van der Waals surface area contributed by atoms with Gasteiger partial charge in [0, 0.05) is 18.8 Å². The van der Waals surface area contributed by atoms with E-state index in [1.54, 1.807) is 16.4 Å². The lowest BCUT2D eigenvalue weighted by atomic mass is 10.00. The van der Waals surface area contributed by atoms with Crippen molar-refractivity contribution in [3.63, 3.8) is 0 Å². The second kappa shape index (κ2) is 6.24. The fraction of sp³-hybridized carbons (Fsp3) is 0.267. The number of nitrogens with zero attached hydrogens (tertiary/aromatic N) is 4. The Balaban J connectivity index is 1.86. The van der Waals surface area contributed by atoms with E-state index in [2.05, 4.69) is 63.3 Å². The van der Waals surface area contributed by atoms with E-state index in [1.807, 2.05) is 14.1 Å². The van der Waals surface area contributed by atoms with Crippen LogP contribution in [-0.2, 0) is 7.05 Å². The summed E-state index contributed by atoms with van der Waals surface area (Å²) in [7, 11) is 3.84. The van der Waals surface area contributed by atoms with Crippen molar-refractivity contribution < 1.29 is 0 Å². The summed E-state index contributed by atoms with van der Waals surface area (Å²) in [6.45, 7) is 0. The summed E-state index contributed by atoms with van der Waals surface area (Å²) in [5, 5.41) is 18.3. The van der Waals surface area contributed by atoms with Gasteiger partial charge in [0.15, 0.2) is 0 Å². The molecule has 3 aromatic rings. The molecule has 0 saturated heterocycles. The van der Waals surface area contributed by atoms with Gasteiger partial charge in [-0.3, -0.25) is 0 Å². The van der Waals surface area contributed by atoms with Crippen LogP contribution >= 0.6 is 11.8 Å². The van der Waals surface area contributed by atoms with Crippen LogP contribution in [0, 0.1) is 0 Å². The first-order valence-corrected chi connectivity index (χ1v) is 7.78. The summed E-state index contributed by atoms with van der Waals surface area (Å²) < 4.78 is 1.69. The smallest absolute Gasteiger partial charge is 0.209 e. The van der Waals surface area contributed by atoms with E-state index < -0.39 is 0 Å². The first kappa shape index (κ1) is 14.0. The highest BCUT2D eigenvalue weighted by Crippen LogP contribution is 2.28. The topological polar surface area (TPSA) is 55.6 Å². The second-order valence-corrected chi connectivity index (χ2v) is 5.79. The lowest BCUT2D eigenvalue weighted by Crippen LogP contribution is -2.19. The van der Waals surface area contributed by atoms with E-state index in [0.717, 1.165) is 10.9 Å². The minimum atomic E-state index is 0.248. The number of hydrogen-bond acceptors (Lipinski definition) is 5. The number of fused-ring (bicyclic) bond motifs is 1. The molecule has 0 spiro atoms. The van der Waals surface area contributed by atoms with Crippen molar-refractivity contribution in [1.29, 1.82) is 0 Å². The molecule has 21 heavy (non-hydrogen) atoms. The van der Waals surface area contributed by atoms with E-state index >= 15 is 0 Å². The summed E-state index contributed by atoms with van der Waals surface area (Å²) in [4.78, 5) is 0. The van der Waals surface area contributed by atoms with Gasteiger partial charge in [0.1, 0.15) is 0 Å². The van der Waals surface area contributed by atoms with Crippen LogP contribution in [0.4, 0.5) is 0 Å². The highest BCUT2D eigenvalue weighted by atomic mass is 32.2. The van der Waals surface area contributed by atoms with Crippen molar-refractivity contribution in [2.24, 2.45) is 7.05 Å². The molecule has 5 nitrogen and oxygen atoms in total. The van der Waals surface area contributed by atoms with Gasteiger partial charge in [0.05, 0.1) is 0 Å². The third-order valence-electron chi connectivity index (χ3n) is 3.51. The zero-order valence-corrected chi connectivity index (χ0v) is 12.8. The molecule has 0 aliphatic rings. The molecule has 0 saturated carbocycles. The molecular formula is C15H17N5S. The number of rotatable bonds is 5. The Kier molecular flexibility index (Phi) is 4.17. The van der Waals surface area contributed by atoms with Gasteiger partial charge in [-0.15, -0.1) is 5.10 Å². The van der Waals surface area contributed by atoms with Gasteiger partial charge in [-0.25, -0.2) is 4.68 Å². The fourth-order valence-corrected chi connectivity index (χ4v) is 3.36. The van der Waals surface area contributed by atoms with Gasteiger partial charge in [0.2, 0.25) is 5.16 Å². The van der Waals surface area contributed by atoms with Crippen LogP contribution in [0.3, 0.4) is 0 Å². The Labute approximate surface area is 127 Å². The molecule has 1 N–H and O–H groups in total. The molecule has 0 radical (unpaired) electrons. The zero-order chi connectivity index (χ0) is 14.7. The summed E-state index contributed by atoms with van der Waals surface area (Å²) in [6, 6.07) is 15.1. The predicted molar refractivity (Wildman–Crippen MR) is 85.3 cm³/mol. The van der Waals surface area contributed by atoms with Gasteiger partial charge < -0.3 is 5.32 Å². The Morgan fingerprint density at radius 3 is 2.76 bits per heavy atom. The standard InChI is InChI=1S/C15H17N5S/c1-16-14(10-21-15-17-18-19-20(15)2)13-9-5-7-11-6-3-4-8-12(11)13/h3-9,14,16H,10H2,1-2H3. The van der Waals surface area contributed by atoms with Crippen LogP contribution < -0.4 is 5.32 Å². The molecule has 3 rings (SSSR count). The molecule has 0 aliphatic carbocycles. The van der Waals surface area contributed by atoms with E-state index in [-0.39, 0.29) is 6.04 Å². The number of benzene rings is 2. The Morgan fingerprint density at radius 2 is 2.00 bits per heavy atom. The quantitative estimate of drug-likeness (QED) is 0.733. The molecule has 2 aromatic carbocycles. The van der Waals surface area contributed by atoms with E-state index in [0.29, 0.717) is 0 Å². The number of aromatic nitrogens is 4. The number of tetrazole rings is 1. The van der Waals surface area contributed by atoms with Crippen molar-refractivity contribution in [3.8, 4) is 0 Å². The Morgan fingerprint density at radius 1 is 1.19 bits per heavy atom. The largest absolute Gasteiger partial charge is 0.312 e. The van der Waals surface area contributed by atoms with Crippen LogP contribution in [0.25, 0.3) is 10.8 Å². The summed E-state index contributed by atoms with van der Waals surface area (Å²) in [5.41, 5.74) is 1.30. The lowest BCUT2D eigenvalue weighted by Gasteiger charge is -2.18. The molecule has 1 heterocycles. The monoisotopic (exact) mass is 299 g/mol. The van der Waals surface area contributed by atoms with Crippen LogP contribution in [0.15, 0.2) is 47.6 Å².